The van der Waals surface area contributed by atoms with Gasteiger partial charge in [0.2, 0.25) is 0 Å². The third-order valence-electron chi connectivity index (χ3n) is 4.46. The van der Waals surface area contributed by atoms with Crippen LogP contribution < -0.4 is 0 Å². The normalized spacial score (nSPS) is 19.7. The van der Waals surface area contributed by atoms with Gasteiger partial charge in [-0.1, -0.05) is 26.7 Å². The molecule has 0 amide bonds. The van der Waals surface area contributed by atoms with E-state index >= 15 is 0 Å². The van der Waals surface area contributed by atoms with Gasteiger partial charge in [0.15, 0.2) is 0 Å². The Morgan fingerprint density at radius 3 is 1.89 bits per heavy atom. The molecule has 18 heavy (non-hydrogen) atoms. The Labute approximate surface area is 112 Å². The fourth-order valence-corrected chi connectivity index (χ4v) is 2.79. The molecule has 1 fully saturated rings. The molecule has 0 saturated heterocycles. The van der Waals surface area contributed by atoms with Gasteiger partial charge in [0.1, 0.15) is 0 Å². The predicted molar refractivity (Wildman–Crippen MR) is 73.8 cm³/mol. The first-order chi connectivity index (χ1) is 8.48. The van der Waals surface area contributed by atoms with Gasteiger partial charge in [-0.2, -0.15) is 0 Å². The zero-order valence-electron chi connectivity index (χ0n) is 12.8. The molecule has 1 saturated carbocycles. The summed E-state index contributed by atoms with van der Waals surface area (Å²) in [6.45, 7) is 8.79. The fraction of sp³-hybridized carbons (Fsp3) is 1.00. The van der Waals surface area contributed by atoms with Crippen molar-refractivity contribution in [1.82, 2.24) is 0 Å². The van der Waals surface area contributed by atoms with Crippen molar-refractivity contribution in [2.75, 3.05) is 34.0 Å². The highest BCUT2D eigenvalue weighted by atomic mass is 16.5. The standard InChI is InChI=1S/C15H30O3/c1-13(2)15(10-16-4,11-17-5)12-18-14(3)8-6-7-9-14/h13H,6-12H2,1-5H3. The summed E-state index contributed by atoms with van der Waals surface area (Å²) in [7, 11) is 3.51. The summed E-state index contributed by atoms with van der Waals surface area (Å²) >= 11 is 0. The van der Waals surface area contributed by atoms with Gasteiger partial charge in [0.05, 0.1) is 25.4 Å². The van der Waals surface area contributed by atoms with E-state index in [4.69, 9.17) is 14.2 Å². The molecule has 0 aromatic carbocycles. The Morgan fingerprint density at radius 1 is 1.00 bits per heavy atom. The van der Waals surface area contributed by atoms with Gasteiger partial charge in [0, 0.05) is 19.6 Å². The van der Waals surface area contributed by atoms with Gasteiger partial charge >= 0.3 is 0 Å². The summed E-state index contributed by atoms with van der Waals surface area (Å²) in [5.41, 5.74) is 0.0384. The number of rotatable bonds is 8. The number of ether oxygens (including phenoxy) is 3. The predicted octanol–water partition coefficient (Wildman–Crippen LogP) is 3.27. The fourth-order valence-electron chi connectivity index (χ4n) is 2.79. The molecule has 1 aliphatic rings. The maximum absolute atomic E-state index is 6.26. The molecule has 3 heteroatoms. The third kappa shape index (κ3) is 3.94. The third-order valence-corrected chi connectivity index (χ3v) is 4.46. The average Bonchev–Trinajstić information content (AvgIpc) is 2.74. The van der Waals surface area contributed by atoms with E-state index in [1.165, 1.54) is 25.7 Å². The summed E-state index contributed by atoms with van der Waals surface area (Å²) < 4.78 is 17.1. The molecule has 108 valence electrons. The smallest absolute Gasteiger partial charge is 0.0654 e. The molecule has 0 bridgehead atoms. The van der Waals surface area contributed by atoms with Crippen LogP contribution in [0.15, 0.2) is 0 Å². The van der Waals surface area contributed by atoms with Crippen molar-refractivity contribution >= 4 is 0 Å². The number of hydrogen-bond acceptors (Lipinski definition) is 3. The zero-order valence-corrected chi connectivity index (χ0v) is 12.8. The van der Waals surface area contributed by atoms with Crippen LogP contribution in [-0.4, -0.2) is 39.6 Å². The van der Waals surface area contributed by atoms with Crippen LogP contribution >= 0.6 is 0 Å². The van der Waals surface area contributed by atoms with Crippen LogP contribution in [0.4, 0.5) is 0 Å². The average molecular weight is 258 g/mol. The molecule has 0 spiro atoms. The number of methoxy groups -OCH3 is 2. The lowest BCUT2D eigenvalue weighted by Crippen LogP contribution is -2.44. The van der Waals surface area contributed by atoms with E-state index in [2.05, 4.69) is 20.8 Å². The molecule has 1 rings (SSSR count). The highest BCUT2D eigenvalue weighted by molar-refractivity contribution is 4.87. The lowest BCUT2D eigenvalue weighted by atomic mass is 9.79. The van der Waals surface area contributed by atoms with E-state index in [1.807, 2.05) is 0 Å². The minimum Gasteiger partial charge on any atom is -0.384 e. The van der Waals surface area contributed by atoms with E-state index < -0.39 is 0 Å². The Balaban J connectivity index is 2.64. The van der Waals surface area contributed by atoms with E-state index in [0.29, 0.717) is 19.1 Å². The molecule has 0 radical (unpaired) electrons. The molecular weight excluding hydrogens is 228 g/mol. The molecular formula is C15H30O3. The first-order valence-corrected chi connectivity index (χ1v) is 7.10. The SMILES string of the molecule is COCC(COC)(COC1(C)CCCC1)C(C)C. The summed E-state index contributed by atoms with van der Waals surface area (Å²) in [5.74, 6) is 0.474. The summed E-state index contributed by atoms with van der Waals surface area (Å²) in [6, 6.07) is 0. The lowest BCUT2D eigenvalue weighted by molar-refractivity contribution is -0.123. The monoisotopic (exact) mass is 258 g/mol. The van der Waals surface area contributed by atoms with E-state index in [1.54, 1.807) is 14.2 Å². The Hall–Kier alpha value is -0.120. The summed E-state index contributed by atoms with van der Waals surface area (Å²) in [5, 5.41) is 0. The maximum atomic E-state index is 6.26. The van der Waals surface area contributed by atoms with Crippen LogP contribution in [0.2, 0.25) is 0 Å². The van der Waals surface area contributed by atoms with Crippen molar-refractivity contribution in [1.29, 1.82) is 0 Å². The highest BCUT2D eigenvalue weighted by Crippen LogP contribution is 2.36. The first kappa shape index (κ1) is 15.9. The van der Waals surface area contributed by atoms with Crippen molar-refractivity contribution in [2.45, 2.75) is 52.1 Å². The van der Waals surface area contributed by atoms with Crippen molar-refractivity contribution in [3.05, 3.63) is 0 Å². The summed E-state index contributed by atoms with van der Waals surface area (Å²) in [4.78, 5) is 0. The van der Waals surface area contributed by atoms with Crippen LogP contribution in [0.5, 0.6) is 0 Å². The number of hydrogen-bond donors (Lipinski definition) is 0. The van der Waals surface area contributed by atoms with E-state index in [9.17, 15) is 0 Å². The van der Waals surface area contributed by atoms with Gasteiger partial charge in [-0.15, -0.1) is 0 Å². The Morgan fingerprint density at radius 2 is 1.50 bits per heavy atom. The van der Waals surface area contributed by atoms with Crippen molar-refractivity contribution in [3.63, 3.8) is 0 Å². The van der Waals surface area contributed by atoms with Gasteiger partial charge in [-0.25, -0.2) is 0 Å². The van der Waals surface area contributed by atoms with Gasteiger partial charge < -0.3 is 14.2 Å². The van der Waals surface area contributed by atoms with Crippen LogP contribution in [0.25, 0.3) is 0 Å². The first-order valence-electron chi connectivity index (χ1n) is 7.10. The topological polar surface area (TPSA) is 27.7 Å². The van der Waals surface area contributed by atoms with Crippen molar-refractivity contribution in [3.8, 4) is 0 Å². The lowest BCUT2D eigenvalue weighted by Gasteiger charge is -2.39. The second-order valence-corrected chi connectivity index (χ2v) is 6.33. The Kier molecular flexibility index (Phi) is 6.09. The van der Waals surface area contributed by atoms with Crippen LogP contribution in [0.3, 0.4) is 0 Å². The molecule has 0 heterocycles. The van der Waals surface area contributed by atoms with Crippen LogP contribution in [0, 0.1) is 11.3 Å². The second-order valence-electron chi connectivity index (χ2n) is 6.33. The molecule has 0 aromatic heterocycles. The molecule has 0 N–H and O–H groups in total. The second kappa shape index (κ2) is 6.88. The minimum absolute atomic E-state index is 0.0326. The zero-order chi connectivity index (χ0) is 13.6. The van der Waals surface area contributed by atoms with Crippen molar-refractivity contribution in [2.24, 2.45) is 11.3 Å². The largest absolute Gasteiger partial charge is 0.384 e. The van der Waals surface area contributed by atoms with E-state index in [-0.39, 0.29) is 11.0 Å². The molecule has 0 atom stereocenters. The summed E-state index contributed by atoms with van der Waals surface area (Å²) in [6.07, 6.45) is 4.95. The molecule has 3 nitrogen and oxygen atoms in total. The van der Waals surface area contributed by atoms with Gasteiger partial charge in [-0.3, -0.25) is 0 Å². The van der Waals surface area contributed by atoms with Gasteiger partial charge in [-0.05, 0) is 25.7 Å². The van der Waals surface area contributed by atoms with Gasteiger partial charge in [0.25, 0.3) is 0 Å². The van der Waals surface area contributed by atoms with Crippen LogP contribution in [0.1, 0.15) is 46.5 Å². The molecule has 0 aliphatic heterocycles. The van der Waals surface area contributed by atoms with Crippen molar-refractivity contribution < 1.29 is 14.2 Å². The molecule has 0 unspecified atom stereocenters. The quantitative estimate of drug-likeness (QED) is 0.669. The minimum atomic E-state index is -0.0326. The highest BCUT2D eigenvalue weighted by Gasteiger charge is 2.38. The molecule has 1 aliphatic carbocycles. The Bertz CT molecular complexity index is 226. The molecule has 0 aromatic rings. The van der Waals surface area contributed by atoms with E-state index in [0.717, 1.165) is 6.61 Å². The van der Waals surface area contributed by atoms with Crippen LogP contribution in [-0.2, 0) is 14.2 Å². The maximum Gasteiger partial charge on any atom is 0.0654 e.